The van der Waals surface area contributed by atoms with Crippen molar-refractivity contribution < 1.29 is 24.6 Å². The molecule has 6 nitrogen and oxygen atoms in total. The highest BCUT2D eigenvalue weighted by molar-refractivity contribution is 5.92. The Labute approximate surface area is 126 Å². The van der Waals surface area contributed by atoms with Gasteiger partial charge in [-0.1, -0.05) is 42.5 Å². The lowest BCUT2D eigenvalue weighted by Crippen LogP contribution is -2.42. The van der Waals surface area contributed by atoms with Gasteiger partial charge in [0.15, 0.2) is 0 Å². The third-order valence-corrected chi connectivity index (χ3v) is 3.24. The van der Waals surface area contributed by atoms with Crippen molar-refractivity contribution in [3.63, 3.8) is 0 Å². The smallest absolute Gasteiger partial charge is 0.326 e. The molecule has 0 saturated carbocycles. The third-order valence-electron chi connectivity index (χ3n) is 3.24. The fraction of sp³-hybridized carbons (Fsp3) is 0.188. The van der Waals surface area contributed by atoms with Crippen LogP contribution in [0.3, 0.4) is 0 Å². The molecule has 2 aromatic carbocycles. The average Bonchev–Trinajstić information content (AvgIpc) is 2.46. The maximum atomic E-state index is 12.0. The van der Waals surface area contributed by atoms with E-state index in [4.69, 9.17) is 10.2 Å². The van der Waals surface area contributed by atoms with Crippen molar-refractivity contribution >= 4 is 28.6 Å². The Morgan fingerprint density at radius 3 is 2.36 bits per heavy atom. The zero-order chi connectivity index (χ0) is 16.1. The number of amides is 1. The van der Waals surface area contributed by atoms with Crippen molar-refractivity contribution in [1.29, 1.82) is 0 Å². The molecule has 1 unspecified atom stereocenters. The van der Waals surface area contributed by atoms with Gasteiger partial charge in [-0.25, -0.2) is 4.79 Å². The van der Waals surface area contributed by atoms with E-state index in [0.717, 1.165) is 16.3 Å². The first-order valence-corrected chi connectivity index (χ1v) is 6.68. The summed E-state index contributed by atoms with van der Waals surface area (Å²) in [6, 6.07) is 11.6. The van der Waals surface area contributed by atoms with Crippen LogP contribution in [0, 0.1) is 0 Å². The van der Waals surface area contributed by atoms with Crippen LogP contribution in [0.4, 0.5) is 0 Å². The Kier molecular flexibility index (Phi) is 4.73. The minimum Gasteiger partial charge on any atom is -0.481 e. The van der Waals surface area contributed by atoms with Gasteiger partial charge >= 0.3 is 11.9 Å². The molecule has 6 heteroatoms. The van der Waals surface area contributed by atoms with E-state index in [1.807, 2.05) is 36.4 Å². The minimum absolute atomic E-state index is 0.00917. The van der Waals surface area contributed by atoms with E-state index in [2.05, 4.69) is 5.32 Å². The summed E-state index contributed by atoms with van der Waals surface area (Å²) < 4.78 is 0. The van der Waals surface area contributed by atoms with E-state index in [0.29, 0.717) is 0 Å². The number of hydrogen-bond acceptors (Lipinski definition) is 3. The Morgan fingerprint density at radius 2 is 1.68 bits per heavy atom. The van der Waals surface area contributed by atoms with Gasteiger partial charge in [0.05, 0.1) is 12.8 Å². The topological polar surface area (TPSA) is 104 Å². The zero-order valence-electron chi connectivity index (χ0n) is 11.7. The minimum atomic E-state index is -1.43. The van der Waals surface area contributed by atoms with Crippen LogP contribution in [-0.2, 0) is 20.8 Å². The van der Waals surface area contributed by atoms with Crippen LogP contribution in [0.1, 0.15) is 12.0 Å². The first kappa shape index (κ1) is 15.5. The van der Waals surface area contributed by atoms with Crippen LogP contribution in [0.25, 0.3) is 10.8 Å². The van der Waals surface area contributed by atoms with Gasteiger partial charge in [-0.3, -0.25) is 9.59 Å². The molecule has 0 aromatic heterocycles. The van der Waals surface area contributed by atoms with Gasteiger partial charge in [-0.15, -0.1) is 0 Å². The largest absolute Gasteiger partial charge is 0.481 e. The average molecular weight is 301 g/mol. The Bertz CT molecular complexity index is 720. The summed E-state index contributed by atoms with van der Waals surface area (Å²) in [5.41, 5.74) is 0.759. The van der Waals surface area contributed by atoms with E-state index in [1.54, 1.807) is 6.07 Å². The Balaban J connectivity index is 2.13. The quantitative estimate of drug-likeness (QED) is 0.748. The Hall–Kier alpha value is -2.89. The number of aliphatic carboxylic acids is 2. The number of benzene rings is 2. The molecule has 114 valence electrons. The number of carboxylic acids is 2. The molecule has 0 aliphatic rings. The summed E-state index contributed by atoms with van der Waals surface area (Å²) in [7, 11) is 0. The number of nitrogens with one attached hydrogen (secondary N) is 1. The normalized spacial score (nSPS) is 11.8. The SMILES string of the molecule is O=C(O)CC(NC(=O)Cc1cccc2ccccc12)C(=O)O. The molecule has 3 N–H and O–H groups in total. The summed E-state index contributed by atoms with van der Waals surface area (Å²) in [5.74, 6) is -3.17. The van der Waals surface area contributed by atoms with Crippen molar-refractivity contribution in [2.75, 3.05) is 0 Å². The highest BCUT2D eigenvalue weighted by atomic mass is 16.4. The van der Waals surface area contributed by atoms with Crippen LogP contribution in [0.15, 0.2) is 42.5 Å². The monoisotopic (exact) mass is 301 g/mol. The van der Waals surface area contributed by atoms with Crippen molar-refractivity contribution in [2.45, 2.75) is 18.9 Å². The van der Waals surface area contributed by atoms with Crippen molar-refractivity contribution in [3.8, 4) is 0 Å². The van der Waals surface area contributed by atoms with Gasteiger partial charge < -0.3 is 15.5 Å². The highest BCUT2D eigenvalue weighted by Gasteiger charge is 2.23. The first-order chi connectivity index (χ1) is 10.5. The summed E-state index contributed by atoms with van der Waals surface area (Å²) in [6.07, 6.45) is -0.665. The number of carbonyl (C=O) groups is 3. The molecule has 1 amide bonds. The van der Waals surface area contributed by atoms with E-state index in [1.165, 1.54) is 0 Å². The van der Waals surface area contributed by atoms with Crippen LogP contribution in [0.2, 0.25) is 0 Å². The van der Waals surface area contributed by atoms with Crippen LogP contribution >= 0.6 is 0 Å². The number of rotatable bonds is 6. The fourth-order valence-electron chi connectivity index (χ4n) is 2.24. The number of carbonyl (C=O) groups excluding carboxylic acids is 1. The molecule has 0 spiro atoms. The van der Waals surface area contributed by atoms with Gasteiger partial charge in [0.1, 0.15) is 6.04 Å². The lowest BCUT2D eigenvalue weighted by Gasteiger charge is -2.13. The summed E-state index contributed by atoms with van der Waals surface area (Å²) >= 11 is 0. The van der Waals surface area contributed by atoms with Gasteiger partial charge in [0.2, 0.25) is 5.91 Å². The fourth-order valence-corrected chi connectivity index (χ4v) is 2.24. The van der Waals surface area contributed by atoms with E-state index < -0.39 is 30.3 Å². The van der Waals surface area contributed by atoms with Gasteiger partial charge in [-0.2, -0.15) is 0 Å². The second-order valence-electron chi connectivity index (χ2n) is 4.87. The van der Waals surface area contributed by atoms with Crippen LogP contribution < -0.4 is 5.32 Å². The molecule has 0 heterocycles. The second kappa shape index (κ2) is 6.71. The second-order valence-corrected chi connectivity index (χ2v) is 4.87. The number of hydrogen-bond donors (Lipinski definition) is 3. The highest BCUT2D eigenvalue weighted by Crippen LogP contribution is 2.18. The molecule has 1 atom stereocenters. The Morgan fingerprint density at radius 1 is 1.00 bits per heavy atom. The number of carboxylic acid groups (broad SMARTS) is 2. The van der Waals surface area contributed by atoms with Gasteiger partial charge in [0.25, 0.3) is 0 Å². The molecule has 0 radical (unpaired) electrons. The maximum absolute atomic E-state index is 12.0. The van der Waals surface area contributed by atoms with E-state index in [9.17, 15) is 14.4 Å². The molecule has 0 fully saturated rings. The molecule has 0 saturated heterocycles. The lowest BCUT2D eigenvalue weighted by molar-refractivity contribution is -0.147. The number of fused-ring (bicyclic) bond motifs is 1. The van der Waals surface area contributed by atoms with Gasteiger partial charge in [0, 0.05) is 0 Å². The van der Waals surface area contributed by atoms with Crippen LogP contribution in [-0.4, -0.2) is 34.1 Å². The van der Waals surface area contributed by atoms with Crippen molar-refractivity contribution in [3.05, 3.63) is 48.0 Å². The van der Waals surface area contributed by atoms with Gasteiger partial charge in [-0.05, 0) is 16.3 Å². The molecule has 0 aliphatic carbocycles. The van der Waals surface area contributed by atoms with E-state index in [-0.39, 0.29) is 6.42 Å². The summed E-state index contributed by atoms with van der Waals surface area (Å²) in [4.78, 5) is 33.6. The van der Waals surface area contributed by atoms with Crippen LogP contribution in [0.5, 0.6) is 0 Å². The molecule has 2 rings (SSSR count). The van der Waals surface area contributed by atoms with Crippen molar-refractivity contribution in [2.24, 2.45) is 0 Å². The molecular weight excluding hydrogens is 286 g/mol. The molecule has 0 bridgehead atoms. The summed E-state index contributed by atoms with van der Waals surface area (Å²) in [5, 5.41) is 21.7. The zero-order valence-corrected chi connectivity index (χ0v) is 11.7. The maximum Gasteiger partial charge on any atom is 0.326 e. The molecular formula is C16H15NO5. The molecule has 22 heavy (non-hydrogen) atoms. The van der Waals surface area contributed by atoms with E-state index >= 15 is 0 Å². The molecule has 2 aromatic rings. The predicted molar refractivity (Wildman–Crippen MR) is 79.5 cm³/mol. The summed E-state index contributed by atoms with van der Waals surface area (Å²) in [6.45, 7) is 0. The lowest BCUT2D eigenvalue weighted by atomic mass is 10.0. The first-order valence-electron chi connectivity index (χ1n) is 6.68. The molecule has 0 aliphatic heterocycles. The predicted octanol–water partition coefficient (Wildman–Crippen LogP) is 1.43. The standard InChI is InChI=1S/C16H15NO5/c18-14(17-13(16(21)22)9-15(19)20)8-11-6-3-5-10-4-1-2-7-12(10)11/h1-7,13H,8-9H2,(H,17,18)(H,19,20)(H,21,22). The third kappa shape index (κ3) is 3.82. The van der Waals surface area contributed by atoms with Crippen molar-refractivity contribution in [1.82, 2.24) is 5.32 Å².